The Labute approximate surface area is 107 Å². The number of hydrogen-bond donors (Lipinski definition) is 0. The molecule has 0 radical (unpaired) electrons. The molecule has 0 spiro atoms. The molecule has 0 unspecified atom stereocenters. The molecule has 0 saturated carbocycles. The first kappa shape index (κ1) is 13.5. The normalized spacial score (nSPS) is 10.1. The zero-order chi connectivity index (χ0) is 12.8. The highest BCUT2D eigenvalue weighted by Crippen LogP contribution is 2.10. The highest BCUT2D eigenvalue weighted by molar-refractivity contribution is 6.27. The molecule has 1 aromatic carbocycles. The predicted octanol–water partition coefficient (Wildman–Crippen LogP) is 2.53. The van der Waals surface area contributed by atoms with Crippen LogP contribution in [0.25, 0.3) is 0 Å². The fraction of sp³-hybridized carbons (Fsp3) is 0.385. The van der Waals surface area contributed by atoms with Gasteiger partial charge in [0.1, 0.15) is 5.88 Å². The summed E-state index contributed by atoms with van der Waals surface area (Å²) in [5.41, 5.74) is 1.62. The van der Waals surface area contributed by atoms with Gasteiger partial charge in [0.15, 0.2) is 0 Å². The molecule has 4 heteroatoms. The number of benzene rings is 1. The third-order valence-corrected chi connectivity index (χ3v) is 2.72. The van der Waals surface area contributed by atoms with Crippen molar-refractivity contribution in [2.45, 2.75) is 26.4 Å². The number of amides is 1. The lowest BCUT2D eigenvalue weighted by molar-refractivity contribution is -0.130. The molecule has 1 amide bonds. The van der Waals surface area contributed by atoms with E-state index in [1.54, 1.807) is 17.0 Å². The molecule has 0 aliphatic heterocycles. The van der Waals surface area contributed by atoms with E-state index >= 15 is 0 Å². The van der Waals surface area contributed by atoms with E-state index in [2.05, 4.69) is 6.07 Å². The molecule has 0 atom stereocenters. The van der Waals surface area contributed by atoms with Crippen molar-refractivity contribution < 1.29 is 4.79 Å². The number of halogens is 1. The Morgan fingerprint density at radius 2 is 2.00 bits per heavy atom. The lowest BCUT2D eigenvalue weighted by Gasteiger charge is -2.26. The van der Waals surface area contributed by atoms with E-state index in [1.165, 1.54) is 0 Å². The molecular weight excluding hydrogens is 236 g/mol. The number of rotatable bonds is 4. The highest BCUT2D eigenvalue weighted by atomic mass is 35.5. The molecule has 0 bridgehead atoms. The zero-order valence-corrected chi connectivity index (χ0v) is 10.7. The van der Waals surface area contributed by atoms with Gasteiger partial charge in [-0.1, -0.05) is 12.1 Å². The van der Waals surface area contributed by atoms with Crippen molar-refractivity contribution in [2.24, 2.45) is 0 Å². The van der Waals surface area contributed by atoms with E-state index in [1.807, 2.05) is 26.0 Å². The van der Waals surface area contributed by atoms with Crippen LogP contribution in [0.15, 0.2) is 24.3 Å². The van der Waals surface area contributed by atoms with Crippen LogP contribution in [0.1, 0.15) is 25.0 Å². The van der Waals surface area contributed by atoms with Crippen molar-refractivity contribution in [3.05, 3.63) is 35.4 Å². The van der Waals surface area contributed by atoms with Gasteiger partial charge in [0.25, 0.3) is 0 Å². The molecule has 1 rings (SSSR count). The van der Waals surface area contributed by atoms with Crippen LogP contribution in [0, 0.1) is 11.3 Å². The maximum Gasteiger partial charge on any atom is 0.238 e. The molecule has 0 fully saturated rings. The Bertz CT molecular complexity index is 420. The van der Waals surface area contributed by atoms with E-state index in [9.17, 15) is 4.79 Å². The zero-order valence-electron chi connectivity index (χ0n) is 9.98. The second-order valence-electron chi connectivity index (χ2n) is 4.06. The Morgan fingerprint density at radius 3 is 2.41 bits per heavy atom. The maximum absolute atomic E-state index is 11.6. The number of nitrogens with zero attached hydrogens (tertiary/aromatic N) is 2. The smallest absolute Gasteiger partial charge is 0.238 e. The van der Waals surface area contributed by atoms with Gasteiger partial charge in [-0.2, -0.15) is 5.26 Å². The van der Waals surface area contributed by atoms with Crippen molar-refractivity contribution >= 4 is 17.5 Å². The van der Waals surface area contributed by atoms with E-state index in [0.717, 1.165) is 5.56 Å². The van der Waals surface area contributed by atoms with E-state index < -0.39 is 0 Å². The quantitative estimate of drug-likeness (QED) is 0.771. The fourth-order valence-electron chi connectivity index (χ4n) is 1.52. The Kier molecular flexibility index (Phi) is 4.99. The topological polar surface area (TPSA) is 44.1 Å². The molecule has 1 aromatic rings. The second kappa shape index (κ2) is 6.27. The van der Waals surface area contributed by atoms with Gasteiger partial charge < -0.3 is 4.90 Å². The predicted molar refractivity (Wildman–Crippen MR) is 67.6 cm³/mol. The Morgan fingerprint density at radius 1 is 1.41 bits per heavy atom. The van der Waals surface area contributed by atoms with Crippen LogP contribution >= 0.6 is 11.6 Å². The standard InChI is InChI=1S/C13H15ClN2O/c1-10(2)16(13(17)7-14)9-12-5-3-11(8-15)4-6-12/h3-6,10H,7,9H2,1-2H3. The second-order valence-corrected chi connectivity index (χ2v) is 4.33. The van der Waals surface area contributed by atoms with Crippen LogP contribution in [0.2, 0.25) is 0 Å². The molecule has 3 nitrogen and oxygen atoms in total. The average molecular weight is 251 g/mol. The van der Waals surface area contributed by atoms with Crippen molar-refractivity contribution in [2.75, 3.05) is 5.88 Å². The molecule has 0 aromatic heterocycles. The molecule has 0 N–H and O–H groups in total. The van der Waals surface area contributed by atoms with Crippen molar-refractivity contribution in [3.63, 3.8) is 0 Å². The van der Waals surface area contributed by atoms with Gasteiger partial charge in [0.05, 0.1) is 11.6 Å². The Balaban J connectivity index is 2.79. The van der Waals surface area contributed by atoms with Crippen LogP contribution in [0.3, 0.4) is 0 Å². The van der Waals surface area contributed by atoms with E-state index in [0.29, 0.717) is 12.1 Å². The van der Waals surface area contributed by atoms with Crippen molar-refractivity contribution in [1.29, 1.82) is 5.26 Å². The van der Waals surface area contributed by atoms with E-state index in [4.69, 9.17) is 16.9 Å². The number of alkyl halides is 1. The Hall–Kier alpha value is -1.53. The summed E-state index contributed by atoms with van der Waals surface area (Å²) in [7, 11) is 0. The van der Waals surface area contributed by atoms with Crippen LogP contribution in [0.4, 0.5) is 0 Å². The summed E-state index contributed by atoms with van der Waals surface area (Å²) >= 11 is 5.57. The molecular formula is C13H15ClN2O. The summed E-state index contributed by atoms with van der Waals surface area (Å²) in [4.78, 5) is 13.3. The largest absolute Gasteiger partial charge is 0.335 e. The fourth-order valence-corrected chi connectivity index (χ4v) is 1.67. The lowest BCUT2D eigenvalue weighted by Crippen LogP contribution is -2.37. The van der Waals surface area contributed by atoms with Crippen LogP contribution < -0.4 is 0 Å². The SMILES string of the molecule is CC(C)N(Cc1ccc(C#N)cc1)C(=O)CCl. The summed E-state index contributed by atoms with van der Waals surface area (Å²) in [6.07, 6.45) is 0. The lowest BCUT2D eigenvalue weighted by atomic mass is 10.1. The molecule has 0 aliphatic rings. The van der Waals surface area contributed by atoms with E-state index in [-0.39, 0.29) is 17.8 Å². The minimum absolute atomic E-state index is 0.00550. The monoisotopic (exact) mass is 250 g/mol. The molecule has 0 saturated heterocycles. The first-order chi connectivity index (χ1) is 8.08. The van der Waals surface area contributed by atoms with Crippen LogP contribution in [-0.4, -0.2) is 22.7 Å². The number of carbonyl (C=O) groups is 1. The summed E-state index contributed by atoms with van der Waals surface area (Å²) in [5, 5.41) is 8.69. The molecule has 17 heavy (non-hydrogen) atoms. The molecule has 90 valence electrons. The van der Waals surface area contributed by atoms with Gasteiger partial charge in [0.2, 0.25) is 5.91 Å². The van der Waals surface area contributed by atoms with Gasteiger partial charge in [-0.05, 0) is 31.5 Å². The minimum atomic E-state index is -0.0778. The first-order valence-corrected chi connectivity index (χ1v) is 5.96. The molecule has 0 heterocycles. The maximum atomic E-state index is 11.6. The summed E-state index contributed by atoms with van der Waals surface area (Å²) in [5.74, 6) is -0.0833. The minimum Gasteiger partial charge on any atom is -0.335 e. The number of hydrogen-bond acceptors (Lipinski definition) is 2. The van der Waals surface area contributed by atoms with Gasteiger partial charge >= 0.3 is 0 Å². The first-order valence-electron chi connectivity index (χ1n) is 5.43. The van der Waals surface area contributed by atoms with Gasteiger partial charge in [-0.25, -0.2) is 0 Å². The third kappa shape index (κ3) is 3.76. The number of carbonyl (C=O) groups excluding carboxylic acids is 1. The summed E-state index contributed by atoms with van der Waals surface area (Å²) in [6, 6.07) is 9.38. The van der Waals surface area contributed by atoms with Gasteiger partial charge in [-0.3, -0.25) is 4.79 Å². The number of nitriles is 1. The highest BCUT2D eigenvalue weighted by Gasteiger charge is 2.15. The third-order valence-electron chi connectivity index (χ3n) is 2.49. The summed E-state index contributed by atoms with van der Waals surface area (Å²) < 4.78 is 0. The van der Waals surface area contributed by atoms with Crippen LogP contribution in [0.5, 0.6) is 0 Å². The average Bonchev–Trinajstić information content (AvgIpc) is 2.35. The van der Waals surface area contributed by atoms with Crippen molar-refractivity contribution in [3.8, 4) is 6.07 Å². The summed E-state index contributed by atoms with van der Waals surface area (Å²) in [6.45, 7) is 4.43. The van der Waals surface area contributed by atoms with Gasteiger partial charge in [-0.15, -0.1) is 11.6 Å². The molecule has 0 aliphatic carbocycles. The van der Waals surface area contributed by atoms with Crippen molar-refractivity contribution in [1.82, 2.24) is 4.90 Å². The van der Waals surface area contributed by atoms with Crippen LogP contribution in [-0.2, 0) is 11.3 Å². The van der Waals surface area contributed by atoms with Gasteiger partial charge in [0, 0.05) is 12.6 Å².